The van der Waals surface area contributed by atoms with E-state index in [0.29, 0.717) is 0 Å². The van der Waals surface area contributed by atoms with Crippen molar-refractivity contribution >= 4 is 12.1 Å². The number of carbonyl (C=O) groups is 1. The van der Waals surface area contributed by atoms with Crippen LogP contribution in [-0.2, 0) is 4.79 Å². The number of hydrogen-bond donors (Lipinski definition) is 1. The molecule has 1 fully saturated rings. The van der Waals surface area contributed by atoms with E-state index in [1.165, 1.54) is 0 Å². The molecule has 0 radical (unpaired) electrons. The van der Waals surface area contributed by atoms with Crippen LogP contribution in [0.15, 0.2) is 4.99 Å². The molecule has 2 atom stereocenters. The summed E-state index contributed by atoms with van der Waals surface area (Å²) in [5.74, 6) is 0.132. The van der Waals surface area contributed by atoms with Gasteiger partial charge in [-0.1, -0.05) is 6.92 Å². The zero-order valence-corrected chi connectivity index (χ0v) is 9.65. The minimum absolute atomic E-state index is 0.0289. The molecule has 0 aromatic heterocycles. The van der Waals surface area contributed by atoms with Crippen LogP contribution < -0.4 is 5.73 Å². The maximum Gasteiger partial charge on any atom is 0.247 e. The summed E-state index contributed by atoms with van der Waals surface area (Å²) in [5, 5.41) is 0. The molecule has 2 N–H and O–H groups in total. The van der Waals surface area contributed by atoms with Crippen molar-refractivity contribution < 1.29 is 4.79 Å². The van der Waals surface area contributed by atoms with Crippen molar-refractivity contribution in [2.45, 2.75) is 45.2 Å². The van der Waals surface area contributed by atoms with Crippen LogP contribution in [0.1, 0.15) is 33.1 Å². The van der Waals surface area contributed by atoms with Gasteiger partial charge in [0.15, 0.2) is 0 Å². The Morgan fingerprint density at radius 2 is 2.13 bits per heavy atom. The summed E-state index contributed by atoms with van der Waals surface area (Å²) >= 11 is 0. The van der Waals surface area contributed by atoms with Gasteiger partial charge in [0.25, 0.3) is 0 Å². The molecule has 1 heterocycles. The lowest BCUT2D eigenvalue weighted by Gasteiger charge is -2.17. The van der Waals surface area contributed by atoms with Crippen LogP contribution in [0.25, 0.3) is 0 Å². The van der Waals surface area contributed by atoms with Gasteiger partial charge in [-0.25, -0.2) is 0 Å². The van der Waals surface area contributed by atoms with Crippen LogP contribution in [0, 0.1) is 0 Å². The van der Waals surface area contributed by atoms with E-state index in [1.807, 2.05) is 18.7 Å². The van der Waals surface area contributed by atoms with Gasteiger partial charge in [0.1, 0.15) is 6.04 Å². The highest BCUT2D eigenvalue weighted by Crippen LogP contribution is 2.10. The average molecular weight is 211 g/mol. The number of nitrogens with two attached hydrogens (primary N) is 1. The Hall–Kier alpha value is -0.900. The Morgan fingerprint density at radius 1 is 1.53 bits per heavy atom. The second-order valence-corrected chi connectivity index (χ2v) is 4.08. The third-order valence-electron chi connectivity index (χ3n) is 2.75. The third-order valence-corrected chi connectivity index (χ3v) is 2.75. The van der Waals surface area contributed by atoms with Gasteiger partial charge in [0, 0.05) is 25.3 Å². The van der Waals surface area contributed by atoms with E-state index in [0.717, 1.165) is 32.4 Å². The van der Waals surface area contributed by atoms with Gasteiger partial charge < -0.3 is 10.6 Å². The third kappa shape index (κ3) is 3.63. The molecular formula is C11H21N3O. The van der Waals surface area contributed by atoms with Crippen molar-refractivity contribution in [3.8, 4) is 0 Å². The van der Waals surface area contributed by atoms with Crippen molar-refractivity contribution in [3.05, 3.63) is 0 Å². The maximum atomic E-state index is 11.8. The quantitative estimate of drug-likeness (QED) is 0.699. The smallest absolute Gasteiger partial charge is 0.247 e. The Kier molecular flexibility index (Phi) is 4.75. The monoisotopic (exact) mass is 211 g/mol. The summed E-state index contributed by atoms with van der Waals surface area (Å²) < 4.78 is 0. The highest BCUT2D eigenvalue weighted by atomic mass is 16.2. The molecule has 1 rings (SSSR count). The highest BCUT2D eigenvalue weighted by Gasteiger charge is 2.22. The zero-order valence-electron chi connectivity index (χ0n) is 9.65. The average Bonchev–Trinajstić information content (AvgIpc) is 2.77. The summed E-state index contributed by atoms with van der Waals surface area (Å²) in [6, 6.07) is -0.306. The number of hydrogen-bond acceptors (Lipinski definition) is 3. The van der Waals surface area contributed by atoms with E-state index in [-0.39, 0.29) is 18.0 Å². The Labute approximate surface area is 91.5 Å². The molecule has 0 spiro atoms. The number of carbonyl (C=O) groups excluding carboxylic acids is 1. The molecule has 15 heavy (non-hydrogen) atoms. The summed E-state index contributed by atoms with van der Waals surface area (Å²) in [5.41, 5.74) is 5.70. The highest BCUT2D eigenvalue weighted by molar-refractivity contribution is 5.83. The summed E-state index contributed by atoms with van der Waals surface area (Å²) in [7, 11) is 0. The fourth-order valence-electron chi connectivity index (χ4n) is 1.61. The molecule has 1 saturated heterocycles. The Balaban J connectivity index is 2.41. The largest absolute Gasteiger partial charge is 0.341 e. The number of amides is 1. The first kappa shape index (κ1) is 12.2. The standard InChI is InChI=1S/C11H21N3O/c1-3-10(12)8-13-9(2)11(15)14-6-4-5-7-14/h8-10H,3-7,12H2,1-2H3. The van der Waals surface area contributed by atoms with Crippen LogP contribution in [0.2, 0.25) is 0 Å². The molecule has 0 aromatic rings. The predicted octanol–water partition coefficient (Wildman–Crippen LogP) is 0.805. The molecule has 1 aliphatic rings. The number of likely N-dealkylation sites (tertiary alicyclic amines) is 1. The van der Waals surface area contributed by atoms with E-state index >= 15 is 0 Å². The van der Waals surface area contributed by atoms with Gasteiger partial charge in [0.2, 0.25) is 5.91 Å². The Morgan fingerprint density at radius 3 is 2.67 bits per heavy atom. The summed E-state index contributed by atoms with van der Waals surface area (Å²) in [4.78, 5) is 17.9. The molecule has 86 valence electrons. The molecule has 2 unspecified atom stereocenters. The lowest BCUT2D eigenvalue weighted by molar-refractivity contribution is -0.131. The van der Waals surface area contributed by atoms with Crippen LogP contribution in [-0.4, -0.2) is 42.2 Å². The van der Waals surface area contributed by atoms with Gasteiger partial charge in [-0.05, 0) is 26.2 Å². The predicted molar refractivity (Wildman–Crippen MR) is 62.0 cm³/mol. The number of nitrogens with zero attached hydrogens (tertiary/aromatic N) is 2. The van der Waals surface area contributed by atoms with E-state index in [2.05, 4.69) is 4.99 Å². The fraction of sp³-hybridized carbons (Fsp3) is 0.818. The maximum absolute atomic E-state index is 11.8. The van der Waals surface area contributed by atoms with E-state index in [9.17, 15) is 4.79 Å². The minimum atomic E-state index is -0.277. The van der Waals surface area contributed by atoms with Crippen LogP contribution >= 0.6 is 0 Å². The van der Waals surface area contributed by atoms with Crippen molar-refractivity contribution in [1.29, 1.82) is 0 Å². The van der Waals surface area contributed by atoms with Gasteiger partial charge in [-0.3, -0.25) is 9.79 Å². The van der Waals surface area contributed by atoms with Crippen molar-refractivity contribution in [2.75, 3.05) is 13.1 Å². The first-order valence-corrected chi connectivity index (χ1v) is 5.72. The molecule has 1 aliphatic heterocycles. The second-order valence-electron chi connectivity index (χ2n) is 4.08. The lowest BCUT2D eigenvalue weighted by Crippen LogP contribution is -2.35. The van der Waals surface area contributed by atoms with E-state index in [1.54, 1.807) is 6.21 Å². The fourth-order valence-corrected chi connectivity index (χ4v) is 1.61. The molecule has 0 bridgehead atoms. The van der Waals surface area contributed by atoms with E-state index in [4.69, 9.17) is 5.73 Å². The van der Waals surface area contributed by atoms with Crippen molar-refractivity contribution in [3.63, 3.8) is 0 Å². The minimum Gasteiger partial charge on any atom is -0.341 e. The molecule has 0 aliphatic carbocycles. The molecule has 4 heteroatoms. The normalized spacial score (nSPS) is 20.9. The first-order valence-electron chi connectivity index (χ1n) is 5.72. The second kappa shape index (κ2) is 5.85. The zero-order chi connectivity index (χ0) is 11.3. The SMILES string of the molecule is CCC(N)C=NC(C)C(=O)N1CCCC1. The molecule has 1 amide bonds. The summed E-state index contributed by atoms with van der Waals surface area (Å²) in [6.45, 7) is 5.61. The van der Waals surface area contributed by atoms with Crippen LogP contribution in [0.3, 0.4) is 0 Å². The molecule has 0 aromatic carbocycles. The van der Waals surface area contributed by atoms with Crippen LogP contribution in [0.5, 0.6) is 0 Å². The van der Waals surface area contributed by atoms with Gasteiger partial charge in [-0.15, -0.1) is 0 Å². The van der Waals surface area contributed by atoms with Crippen molar-refractivity contribution in [1.82, 2.24) is 4.90 Å². The molecule has 0 saturated carbocycles. The van der Waals surface area contributed by atoms with Crippen LogP contribution in [0.4, 0.5) is 0 Å². The molecule has 4 nitrogen and oxygen atoms in total. The van der Waals surface area contributed by atoms with Crippen molar-refractivity contribution in [2.24, 2.45) is 10.7 Å². The topological polar surface area (TPSA) is 58.7 Å². The van der Waals surface area contributed by atoms with Gasteiger partial charge in [-0.2, -0.15) is 0 Å². The Bertz CT molecular complexity index is 234. The van der Waals surface area contributed by atoms with Gasteiger partial charge in [0.05, 0.1) is 0 Å². The van der Waals surface area contributed by atoms with E-state index < -0.39 is 0 Å². The lowest BCUT2D eigenvalue weighted by atomic mass is 10.2. The first-order chi connectivity index (χ1) is 7.15. The summed E-state index contributed by atoms with van der Waals surface area (Å²) in [6.07, 6.45) is 4.79. The number of rotatable bonds is 4. The number of aliphatic imine (C=N–C) groups is 1. The molecular weight excluding hydrogens is 190 g/mol. The van der Waals surface area contributed by atoms with Gasteiger partial charge >= 0.3 is 0 Å².